The fourth-order valence-electron chi connectivity index (χ4n) is 3.10. The van der Waals surface area contributed by atoms with Crippen molar-refractivity contribution in [2.24, 2.45) is 0 Å². The third-order valence-corrected chi connectivity index (χ3v) is 4.52. The molecule has 4 aromatic rings. The molecule has 0 amide bonds. The molecule has 8 nitrogen and oxygen atoms in total. The summed E-state index contributed by atoms with van der Waals surface area (Å²) in [5.41, 5.74) is 3.59. The molecule has 0 aliphatic heterocycles. The maximum Gasteiger partial charge on any atom is 0.303 e. The van der Waals surface area contributed by atoms with Crippen LogP contribution in [0.3, 0.4) is 0 Å². The molecule has 2 aromatic carbocycles. The number of hydrogen-bond acceptors (Lipinski definition) is 5. The summed E-state index contributed by atoms with van der Waals surface area (Å²) in [5, 5.41) is 22.1. The van der Waals surface area contributed by atoms with Crippen LogP contribution in [0.5, 0.6) is 5.75 Å². The summed E-state index contributed by atoms with van der Waals surface area (Å²) >= 11 is 0. The van der Waals surface area contributed by atoms with Crippen LogP contribution in [0.4, 0.5) is 0 Å². The Morgan fingerprint density at radius 3 is 2.55 bits per heavy atom. The van der Waals surface area contributed by atoms with Gasteiger partial charge in [-0.25, -0.2) is 0 Å². The van der Waals surface area contributed by atoms with E-state index in [1.165, 1.54) is 0 Å². The van der Waals surface area contributed by atoms with Crippen molar-refractivity contribution in [3.05, 3.63) is 72.1 Å². The molecule has 0 spiro atoms. The minimum Gasteiger partial charge on any atom is -0.491 e. The summed E-state index contributed by atoms with van der Waals surface area (Å²) in [5.74, 6) is -0.142. The fraction of sp³-hybridized carbons (Fsp3) is 0.238. The number of fused-ring (bicyclic) bond motifs is 1. The molecule has 148 valence electrons. The van der Waals surface area contributed by atoms with Crippen LogP contribution in [0, 0.1) is 0 Å². The van der Waals surface area contributed by atoms with E-state index in [0.29, 0.717) is 31.9 Å². The summed E-state index contributed by atoms with van der Waals surface area (Å²) in [6.45, 7) is 1.50. The first kappa shape index (κ1) is 18.7. The van der Waals surface area contributed by atoms with Crippen LogP contribution in [0.15, 0.2) is 60.9 Å². The van der Waals surface area contributed by atoms with Crippen molar-refractivity contribution < 1.29 is 14.6 Å². The molecule has 2 aromatic heterocycles. The number of aryl methyl sites for hydroxylation is 1. The molecule has 0 aliphatic carbocycles. The molecule has 0 aliphatic rings. The number of ether oxygens (including phenoxy) is 1. The fourth-order valence-corrected chi connectivity index (χ4v) is 3.10. The lowest BCUT2D eigenvalue weighted by atomic mass is 10.1. The lowest BCUT2D eigenvalue weighted by molar-refractivity contribution is -0.136. The van der Waals surface area contributed by atoms with Gasteiger partial charge in [0.25, 0.3) is 0 Å². The van der Waals surface area contributed by atoms with Crippen LogP contribution in [0.1, 0.15) is 17.5 Å². The molecular formula is C21H21N5O3. The first-order valence-electron chi connectivity index (χ1n) is 9.41. The maximum absolute atomic E-state index is 11.0. The summed E-state index contributed by atoms with van der Waals surface area (Å²) in [4.78, 5) is 12.6. The zero-order valence-electron chi connectivity index (χ0n) is 15.8. The summed E-state index contributed by atoms with van der Waals surface area (Å²) in [7, 11) is 0. The van der Waals surface area contributed by atoms with Gasteiger partial charge >= 0.3 is 5.97 Å². The molecule has 0 atom stereocenters. The standard InChI is InChI=1S/C21H21N5O3/c27-21(28)9-8-17-7-6-16(15-25-11-3-10-22-25)14-20(17)29-13-12-26-23-18-4-1-2-5-19(18)24-26/h1-7,10-11,14H,8-9,12-13,15H2,(H,27,28). The number of carboxylic acid groups (broad SMARTS) is 1. The van der Waals surface area contributed by atoms with Gasteiger partial charge in [0, 0.05) is 18.8 Å². The van der Waals surface area contributed by atoms with Gasteiger partial charge in [-0.3, -0.25) is 9.48 Å². The largest absolute Gasteiger partial charge is 0.491 e. The normalized spacial score (nSPS) is 11.0. The van der Waals surface area contributed by atoms with Gasteiger partial charge in [0.1, 0.15) is 23.4 Å². The molecular weight excluding hydrogens is 370 g/mol. The first-order chi connectivity index (χ1) is 14.2. The Bertz CT molecular complexity index is 1070. The van der Waals surface area contributed by atoms with Gasteiger partial charge in [-0.15, -0.1) is 0 Å². The van der Waals surface area contributed by atoms with E-state index in [1.807, 2.05) is 59.4 Å². The van der Waals surface area contributed by atoms with Crippen molar-refractivity contribution in [2.45, 2.75) is 25.9 Å². The second-order valence-corrected chi connectivity index (χ2v) is 6.67. The lowest BCUT2D eigenvalue weighted by Crippen LogP contribution is -2.12. The SMILES string of the molecule is O=C(O)CCc1ccc(Cn2cccn2)cc1OCCn1nc2ccccc2n1. The molecule has 4 rings (SSSR count). The quantitative estimate of drug-likeness (QED) is 0.471. The summed E-state index contributed by atoms with van der Waals surface area (Å²) in [6, 6.07) is 15.4. The Kier molecular flexibility index (Phi) is 5.51. The highest BCUT2D eigenvalue weighted by atomic mass is 16.5. The highest BCUT2D eigenvalue weighted by Gasteiger charge is 2.09. The van der Waals surface area contributed by atoms with Crippen molar-refractivity contribution in [1.29, 1.82) is 0 Å². The maximum atomic E-state index is 11.0. The van der Waals surface area contributed by atoms with E-state index in [1.54, 1.807) is 11.0 Å². The predicted molar refractivity (Wildman–Crippen MR) is 107 cm³/mol. The number of hydrogen-bond donors (Lipinski definition) is 1. The molecule has 0 saturated carbocycles. The van der Waals surface area contributed by atoms with Crippen molar-refractivity contribution in [3.8, 4) is 5.75 Å². The zero-order chi connectivity index (χ0) is 20.1. The average molecular weight is 391 g/mol. The van der Waals surface area contributed by atoms with Crippen molar-refractivity contribution in [2.75, 3.05) is 6.61 Å². The number of nitrogens with zero attached hydrogens (tertiary/aromatic N) is 5. The molecule has 1 N–H and O–H groups in total. The van der Waals surface area contributed by atoms with Gasteiger partial charge in [-0.2, -0.15) is 20.1 Å². The van der Waals surface area contributed by atoms with E-state index in [-0.39, 0.29) is 6.42 Å². The molecule has 8 heteroatoms. The van der Waals surface area contributed by atoms with Gasteiger partial charge in [0.2, 0.25) is 0 Å². The van der Waals surface area contributed by atoms with Crippen LogP contribution in [0.2, 0.25) is 0 Å². The molecule has 0 saturated heterocycles. The Hall–Kier alpha value is -3.68. The third kappa shape index (κ3) is 4.78. The number of aliphatic carboxylic acids is 1. The van der Waals surface area contributed by atoms with E-state index in [0.717, 1.165) is 22.2 Å². The van der Waals surface area contributed by atoms with Gasteiger partial charge in [0.05, 0.1) is 13.1 Å². The molecule has 0 unspecified atom stereocenters. The van der Waals surface area contributed by atoms with E-state index in [9.17, 15) is 4.79 Å². The summed E-state index contributed by atoms with van der Waals surface area (Å²) < 4.78 is 7.83. The van der Waals surface area contributed by atoms with E-state index in [4.69, 9.17) is 9.84 Å². The van der Waals surface area contributed by atoms with Gasteiger partial charge in [-0.05, 0) is 41.8 Å². The topological polar surface area (TPSA) is 95.1 Å². The predicted octanol–water partition coefficient (Wildman–Crippen LogP) is 2.77. The Balaban J connectivity index is 1.46. The molecule has 2 heterocycles. The Labute approximate surface area is 167 Å². The number of rotatable bonds is 9. The van der Waals surface area contributed by atoms with E-state index >= 15 is 0 Å². The van der Waals surface area contributed by atoms with Crippen LogP contribution in [0.25, 0.3) is 11.0 Å². The Morgan fingerprint density at radius 1 is 1.07 bits per heavy atom. The van der Waals surface area contributed by atoms with Crippen molar-refractivity contribution in [3.63, 3.8) is 0 Å². The van der Waals surface area contributed by atoms with Crippen LogP contribution in [-0.4, -0.2) is 42.5 Å². The third-order valence-electron chi connectivity index (χ3n) is 4.52. The van der Waals surface area contributed by atoms with Crippen LogP contribution in [-0.2, 0) is 24.3 Å². The first-order valence-corrected chi connectivity index (χ1v) is 9.41. The minimum absolute atomic E-state index is 0.0565. The number of aromatic nitrogens is 5. The van der Waals surface area contributed by atoms with E-state index < -0.39 is 5.97 Å². The lowest BCUT2D eigenvalue weighted by Gasteiger charge is -2.13. The molecule has 0 radical (unpaired) electrons. The molecule has 29 heavy (non-hydrogen) atoms. The van der Waals surface area contributed by atoms with Crippen LogP contribution >= 0.6 is 0 Å². The van der Waals surface area contributed by atoms with Gasteiger partial charge in [0.15, 0.2) is 0 Å². The van der Waals surface area contributed by atoms with Gasteiger partial charge in [-0.1, -0.05) is 24.3 Å². The second kappa shape index (κ2) is 8.55. The Morgan fingerprint density at radius 2 is 1.86 bits per heavy atom. The number of carbonyl (C=O) groups is 1. The summed E-state index contributed by atoms with van der Waals surface area (Å²) in [6.07, 6.45) is 4.10. The number of benzene rings is 2. The van der Waals surface area contributed by atoms with Crippen molar-refractivity contribution >= 4 is 17.0 Å². The zero-order valence-corrected chi connectivity index (χ0v) is 15.8. The monoisotopic (exact) mass is 391 g/mol. The highest BCUT2D eigenvalue weighted by Crippen LogP contribution is 2.23. The highest BCUT2D eigenvalue weighted by molar-refractivity contribution is 5.72. The van der Waals surface area contributed by atoms with Crippen molar-refractivity contribution in [1.82, 2.24) is 24.8 Å². The average Bonchev–Trinajstić information content (AvgIpc) is 3.36. The van der Waals surface area contributed by atoms with E-state index in [2.05, 4.69) is 15.3 Å². The van der Waals surface area contributed by atoms with Crippen LogP contribution < -0.4 is 4.74 Å². The molecule has 0 fully saturated rings. The molecule has 0 bridgehead atoms. The van der Waals surface area contributed by atoms with Gasteiger partial charge < -0.3 is 9.84 Å². The minimum atomic E-state index is -0.830. The second-order valence-electron chi connectivity index (χ2n) is 6.67. The smallest absolute Gasteiger partial charge is 0.303 e. The number of carboxylic acids is 1.